The van der Waals surface area contributed by atoms with E-state index in [4.69, 9.17) is 16.3 Å². The molecular weight excluding hydrogens is 224 g/mol. The van der Waals surface area contributed by atoms with Crippen LogP contribution in [0.2, 0.25) is 5.15 Å². The predicted molar refractivity (Wildman–Crippen MR) is 63.9 cm³/mol. The molecule has 1 aliphatic heterocycles. The smallest absolute Gasteiger partial charge is 0.129 e. The summed E-state index contributed by atoms with van der Waals surface area (Å²) in [5.41, 5.74) is 2.24. The van der Waals surface area contributed by atoms with E-state index in [-0.39, 0.29) is 0 Å². The third-order valence-electron chi connectivity index (χ3n) is 2.43. The minimum absolute atomic E-state index is 0.517. The number of likely N-dealkylation sites (N-methyl/N-ethyl adjacent to an activating group) is 1. The highest BCUT2D eigenvalue weighted by atomic mass is 35.5. The molecule has 0 unspecified atom stereocenters. The highest BCUT2D eigenvalue weighted by molar-refractivity contribution is 6.29. The molecule has 16 heavy (non-hydrogen) atoms. The van der Waals surface area contributed by atoms with Crippen molar-refractivity contribution >= 4 is 11.6 Å². The van der Waals surface area contributed by atoms with Gasteiger partial charge in [-0.15, -0.1) is 0 Å². The largest absolute Gasteiger partial charge is 0.488 e. The molecule has 0 fully saturated rings. The summed E-state index contributed by atoms with van der Waals surface area (Å²) in [6.45, 7) is 5.13. The van der Waals surface area contributed by atoms with Crippen LogP contribution in [0.25, 0.3) is 0 Å². The molecule has 0 bridgehead atoms. The fourth-order valence-electron chi connectivity index (χ4n) is 1.53. The minimum atomic E-state index is 0.517. The van der Waals surface area contributed by atoms with Crippen LogP contribution in [0.15, 0.2) is 42.4 Å². The highest BCUT2D eigenvalue weighted by Gasteiger charge is 2.12. The van der Waals surface area contributed by atoms with Crippen LogP contribution >= 0.6 is 11.6 Å². The van der Waals surface area contributed by atoms with E-state index >= 15 is 0 Å². The molecular formula is C12H13ClN2O. The van der Waals surface area contributed by atoms with Crippen LogP contribution in [-0.2, 0) is 11.3 Å². The normalized spacial score (nSPS) is 14.6. The number of halogens is 1. The van der Waals surface area contributed by atoms with E-state index in [9.17, 15) is 0 Å². The first-order valence-corrected chi connectivity index (χ1v) is 5.37. The third kappa shape index (κ3) is 2.55. The van der Waals surface area contributed by atoms with Crippen molar-refractivity contribution in [1.82, 2.24) is 9.88 Å². The Bertz CT molecular complexity index is 425. The molecule has 0 radical (unpaired) electrons. The van der Waals surface area contributed by atoms with Crippen molar-refractivity contribution in [2.24, 2.45) is 0 Å². The van der Waals surface area contributed by atoms with Crippen molar-refractivity contribution < 1.29 is 4.74 Å². The average Bonchev–Trinajstić information content (AvgIpc) is 2.68. The van der Waals surface area contributed by atoms with E-state index in [0.717, 1.165) is 23.6 Å². The molecule has 1 aromatic rings. The van der Waals surface area contributed by atoms with Crippen LogP contribution in [0, 0.1) is 0 Å². The fourth-order valence-corrected chi connectivity index (χ4v) is 1.64. The molecule has 0 aliphatic carbocycles. The second kappa shape index (κ2) is 4.58. The molecule has 84 valence electrons. The van der Waals surface area contributed by atoms with E-state index in [1.54, 1.807) is 12.3 Å². The molecule has 0 amide bonds. The molecule has 0 saturated carbocycles. The predicted octanol–water partition coefficient (Wildman–Crippen LogP) is 2.59. The summed E-state index contributed by atoms with van der Waals surface area (Å²) in [4.78, 5) is 6.16. The topological polar surface area (TPSA) is 25.4 Å². The molecule has 0 atom stereocenters. The van der Waals surface area contributed by atoms with Gasteiger partial charge in [-0.05, 0) is 11.6 Å². The fraction of sp³-hybridized carbons (Fsp3) is 0.250. The molecule has 4 heteroatoms. The SMILES string of the molecule is C=C1C=C(N(C)Cc2ccc(Cl)nc2)CO1. The van der Waals surface area contributed by atoms with Crippen LogP contribution in [0.5, 0.6) is 0 Å². The lowest BCUT2D eigenvalue weighted by Gasteiger charge is -2.19. The summed E-state index contributed by atoms with van der Waals surface area (Å²) in [6, 6.07) is 3.76. The lowest BCUT2D eigenvalue weighted by Crippen LogP contribution is -2.18. The lowest BCUT2D eigenvalue weighted by atomic mass is 10.2. The summed E-state index contributed by atoms with van der Waals surface area (Å²) in [7, 11) is 2.02. The zero-order valence-electron chi connectivity index (χ0n) is 9.11. The summed E-state index contributed by atoms with van der Waals surface area (Å²) in [5.74, 6) is 0.719. The first kappa shape index (κ1) is 11.0. The molecule has 1 aromatic heterocycles. The minimum Gasteiger partial charge on any atom is -0.488 e. The summed E-state index contributed by atoms with van der Waals surface area (Å²) >= 11 is 5.73. The molecule has 3 nitrogen and oxygen atoms in total. The Balaban J connectivity index is 2.02. The second-order valence-corrected chi connectivity index (χ2v) is 4.12. The van der Waals surface area contributed by atoms with E-state index in [1.807, 2.05) is 19.2 Å². The number of aromatic nitrogens is 1. The maximum atomic E-state index is 5.73. The lowest BCUT2D eigenvalue weighted by molar-refractivity contribution is 0.245. The Morgan fingerprint density at radius 2 is 2.38 bits per heavy atom. The van der Waals surface area contributed by atoms with Crippen LogP contribution in [0.4, 0.5) is 0 Å². The maximum absolute atomic E-state index is 5.73. The van der Waals surface area contributed by atoms with Crippen molar-refractivity contribution in [2.75, 3.05) is 13.7 Å². The van der Waals surface area contributed by atoms with Gasteiger partial charge in [0.15, 0.2) is 0 Å². The van der Waals surface area contributed by atoms with Gasteiger partial charge in [-0.3, -0.25) is 0 Å². The zero-order chi connectivity index (χ0) is 11.5. The van der Waals surface area contributed by atoms with Gasteiger partial charge in [0.1, 0.15) is 17.5 Å². The quantitative estimate of drug-likeness (QED) is 0.755. The summed E-state index contributed by atoms with van der Waals surface area (Å²) in [5, 5.41) is 0.517. The second-order valence-electron chi connectivity index (χ2n) is 3.74. The van der Waals surface area contributed by atoms with Crippen LogP contribution in [0.3, 0.4) is 0 Å². The van der Waals surface area contributed by atoms with Crippen molar-refractivity contribution in [3.05, 3.63) is 53.2 Å². The van der Waals surface area contributed by atoms with Crippen molar-refractivity contribution in [1.29, 1.82) is 0 Å². The van der Waals surface area contributed by atoms with Gasteiger partial charge in [0.2, 0.25) is 0 Å². The summed E-state index contributed by atoms with van der Waals surface area (Å²) in [6.07, 6.45) is 3.73. The number of nitrogens with zero attached hydrogens (tertiary/aromatic N) is 2. The van der Waals surface area contributed by atoms with Crippen molar-refractivity contribution in [3.8, 4) is 0 Å². The van der Waals surface area contributed by atoms with Gasteiger partial charge in [0.25, 0.3) is 0 Å². The zero-order valence-corrected chi connectivity index (χ0v) is 9.87. The first-order chi connectivity index (χ1) is 7.65. The first-order valence-electron chi connectivity index (χ1n) is 4.99. The number of allylic oxidation sites excluding steroid dienone is 1. The van der Waals surface area contributed by atoms with E-state index in [1.165, 1.54) is 0 Å². The number of hydrogen-bond donors (Lipinski definition) is 0. The molecule has 0 spiro atoms. The Kier molecular flexibility index (Phi) is 3.15. The van der Waals surface area contributed by atoms with Crippen molar-refractivity contribution in [2.45, 2.75) is 6.54 Å². The highest BCUT2D eigenvalue weighted by Crippen LogP contribution is 2.18. The van der Waals surface area contributed by atoms with Gasteiger partial charge in [-0.2, -0.15) is 0 Å². The number of pyridine rings is 1. The van der Waals surface area contributed by atoms with Gasteiger partial charge in [0, 0.05) is 25.9 Å². The Morgan fingerprint density at radius 1 is 1.56 bits per heavy atom. The molecule has 0 aromatic carbocycles. The third-order valence-corrected chi connectivity index (χ3v) is 2.66. The van der Waals surface area contributed by atoms with Crippen LogP contribution in [-0.4, -0.2) is 23.5 Å². The Labute approximate surface area is 100.0 Å². The van der Waals surface area contributed by atoms with E-state index < -0.39 is 0 Å². The van der Waals surface area contributed by atoms with E-state index in [0.29, 0.717) is 11.8 Å². The molecule has 0 N–H and O–H groups in total. The molecule has 2 rings (SSSR count). The molecule has 2 heterocycles. The molecule has 1 aliphatic rings. The van der Waals surface area contributed by atoms with Crippen LogP contribution in [0.1, 0.15) is 5.56 Å². The standard InChI is InChI=1S/C12H13ClN2O/c1-9-5-11(8-16-9)15(2)7-10-3-4-12(13)14-6-10/h3-6H,1,7-8H2,2H3. The Morgan fingerprint density at radius 3 is 2.94 bits per heavy atom. The maximum Gasteiger partial charge on any atom is 0.129 e. The van der Waals surface area contributed by atoms with Gasteiger partial charge in [-0.1, -0.05) is 24.2 Å². The van der Waals surface area contributed by atoms with E-state index in [2.05, 4.69) is 16.5 Å². The summed E-state index contributed by atoms with van der Waals surface area (Å²) < 4.78 is 5.28. The number of ether oxygens (including phenoxy) is 1. The van der Waals surface area contributed by atoms with Crippen molar-refractivity contribution in [3.63, 3.8) is 0 Å². The Hall–Kier alpha value is -1.48. The number of rotatable bonds is 3. The molecule has 0 saturated heterocycles. The average molecular weight is 237 g/mol. The van der Waals surface area contributed by atoms with Crippen LogP contribution < -0.4 is 0 Å². The van der Waals surface area contributed by atoms with Gasteiger partial charge >= 0.3 is 0 Å². The van der Waals surface area contributed by atoms with Gasteiger partial charge < -0.3 is 9.64 Å². The van der Waals surface area contributed by atoms with Gasteiger partial charge in [0.05, 0.1) is 5.70 Å². The number of hydrogen-bond acceptors (Lipinski definition) is 3. The van der Waals surface area contributed by atoms with Gasteiger partial charge in [-0.25, -0.2) is 4.98 Å². The monoisotopic (exact) mass is 236 g/mol.